The van der Waals surface area contributed by atoms with Gasteiger partial charge in [0.15, 0.2) is 0 Å². The molecule has 0 atom stereocenters. The summed E-state index contributed by atoms with van der Waals surface area (Å²) in [6.07, 6.45) is -4.92. The van der Waals surface area contributed by atoms with E-state index in [0.29, 0.717) is 5.69 Å². The van der Waals surface area contributed by atoms with Gasteiger partial charge in [-0.25, -0.2) is 0 Å². The van der Waals surface area contributed by atoms with Crippen LogP contribution in [0, 0.1) is 6.92 Å². The zero-order valence-electron chi connectivity index (χ0n) is 12.8. The van der Waals surface area contributed by atoms with Gasteiger partial charge in [0.2, 0.25) is 22.0 Å². The van der Waals surface area contributed by atoms with Crippen molar-refractivity contribution in [3.05, 3.63) is 33.2 Å². The summed E-state index contributed by atoms with van der Waals surface area (Å²) in [6, 6.07) is 5.25. The number of halogens is 4. The summed E-state index contributed by atoms with van der Waals surface area (Å²) < 4.78 is 38.1. The van der Waals surface area contributed by atoms with E-state index < -0.39 is 17.1 Å². The highest BCUT2D eigenvalue weighted by Crippen LogP contribution is 2.33. The number of nitrogens with one attached hydrogen (secondary N) is 2. The Morgan fingerprint density at radius 2 is 1.80 bits per heavy atom. The summed E-state index contributed by atoms with van der Waals surface area (Å²) in [4.78, 5) is 23.5. The summed E-state index contributed by atoms with van der Waals surface area (Å²) in [5.74, 6) is -1.00. The lowest BCUT2D eigenvalue weighted by molar-refractivity contribution is -0.138. The molecule has 0 aliphatic heterocycles. The third-order valence-corrected chi connectivity index (χ3v) is 4.71. The smallest absolute Gasteiger partial charge is 0.326 e. The lowest BCUT2D eigenvalue weighted by Crippen LogP contribution is -2.17. The minimum atomic E-state index is -4.61. The summed E-state index contributed by atoms with van der Waals surface area (Å²) in [5.41, 5.74) is 1.53. The van der Waals surface area contributed by atoms with Crippen molar-refractivity contribution in [3.8, 4) is 0 Å². The van der Waals surface area contributed by atoms with E-state index in [9.17, 15) is 22.8 Å². The Morgan fingerprint density at radius 1 is 1.16 bits per heavy atom. The second kappa shape index (κ2) is 7.91. The van der Waals surface area contributed by atoms with Gasteiger partial charge in [0.1, 0.15) is 0 Å². The summed E-state index contributed by atoms with van der Waals surface area (Å²) in [6.45, 7) is 1.87. The van der Waals surface area contributed by atoms with Crippen molar-refractivity contribution < 1.29 is 22.8 Å². The molecule has 134 valence electrons. The van der Waals surface area contributed by atoms with Gasteiger partial charge in [-0.1, -0.05) is 27.3 Å². The molecule has 11 heteroatoms. The molecular formula is C14H12BrF3N4O2S. The van der Waals surface area contributed by atoms with Gasteiger partial charge in [0.05, 0.1) is 0 Å². The van der Waals surface area contributed by atoms with E-state index in [0.717, 1.165) is 10.0 Å². The maximum atomic E-state index is 12.4. The van der Waals surface area contributed by atoms with E-state index in [4.69, 9.17) is 0 Å². The van der Waals surface area contributed by atoms with E-state index in [1.54, 1.807) is 18.2 Å². The highest BCUT2D eigenvalue weighted by atomic mass is 79.9. The van der Waals surface area contributed by atoms with Crippen LogP contribution in [0.1, 0.15) is 23.4 Å². The normalized spacial score (nSPS) is 11.2. The molecule has 0 radical (unpaired) electrons. The molecule has 0 saturated carbocycles. The zero-order chi connectivity index (χ0) is 18.6. The summed E-state index contributed by atoms with van der Waals surface area (Å²) >= 11 is 3.57. The molecule has 1 aromatic carbocycles. The van der Waals surface area contributed by atoms with Gasteiger partial charge in [-0.05, 0) is 30.7 Å². The van der Waals surface area contributed by atoms with Crippen LogP contribution in [0.15, 0.2) is 22.7 Å². The van der Waals surface area contributed by atoms with Gasteiger partial charge in [0, 0.05) is 23.0 Å². The monoisotopic (exact) mass is 436 g/mol. The molecule has 2 rings (SSSR count). The number of benzene rings is 1. The zero-order valence-corrected chi connectivity index (χ0v) is 15.2. The number of carbonyl (C=O) groups is 2. The number of hydrogen-bond acceptors (Lipinski definition) is 5. The van der Waals surface area contributed by atoms with Gasteiger partial charge >= 0.3 is 6.18 Å². The Hall–Kier alpha value is -2.01. The first kappa shape index (κ1) is 19.3. The number of carbonyl (C=O) groups excluding carboxylic acids is 2. The Balaban J connectivity index is 1.82. The first-order chi connectivity index (χ1) is 11.6. The lowest BCUT2D eigenvalue weighted by atomic mass is 10.2. The number of anilines is 2. The molecule has 2 N–H and O–H groups in total. The van der Waals surface area contributed by atoms with Crippen LogP contribution >= 0.6 is 27.3 Å². The number of amides is 2. The fraction of sp³-hybridized carbons (Fsp3) is 0.286. The molecule has 2 aromatic rings. The Kier molecular flexibility index (Phi) is 6.11. The van der Waals surface area contributed by atoms with Crippen LogP contribution in [0.3, 0.4) is 0 Å². The molecular weight excluding hydrogens is 425 g/mol. The van der Waals surface area contributed by atoms with E-state index in [2.05, 4.69) is 36.8 Å². The molecule has 1 heterocycles. The van der Waals surface area contributed by atoms with Crippen LogP contribution in [0.25, 0.3) is 0 Å². The van der Waals surface area contributed by atoms with Crippen molar-refractivity contribution in [1.82, 2.24) is 10.2 Å². The summed E-state index contributed by atoms with van der Waals surface area (Å²) in [5, 5.41) is 9.62. The molecule has 0 saturated heterocycles. The van der Waals surface area contributed by atoms with Crippen LogP contribution in [0.2, 0.25) is 0 Å². The predicted molar refractivity (Wildman–Crippen MR) is 90.3 cm³/mol. The van der Waals surface area contributed by atoms with Crippen LogP contribution in [0.5, 0.6) is 0 Å². The molecule has 0 bridgehead atoms. The first-order valence-electron chi connectivity index (χ1n) is 6.91. The van der Waals surface area contributed by atoms with Crippen LogP contribution in [-0.4, -0.2) is 22.0 Å². The second-order valence-corrected chi connectivity index (χ2v) is 6.80. The fourth-order valence-electron chi connectivity index (χ4n) is 1.74. The van der Waals surface area contributed by atoms with E-state index in [-0.39, 0.29) is 35.2 Å². The van der Waals surface area contributed by atoms with Gasteiger partial charge in [0.25, 0.3) is 0 Å². The molecule has 0 aliphatic rings. The van der Waals surface area contributed by atoms with Gasteiger partial charge < -0.3 is 10.6 Å². The van der Waals surface area contributed by atoms with Gasteiger partial charge in [-0.3, -0.25) is 9.59 Å². The average molecular weight is 437 g/mol. The number of nitrogens with zero attached hydrogens (tertiary/aromatic N) is 2. The van der Waals surface area contributed by atoms with Crippen molar-refractivity contribution >= 4 is 49.9 Å². The van der Waals surface area contributed by atoms with Crippen molar-refractivity contribution in [2.45, 2.75) is 25.9 Å². The van der Waals surface area contributed by atoms with Crippen molar-refractivity contribution in [3.63, 3.8) is 0 Å². The molecule has 25 heavy (non-hydrogen) atoms. The maximum absolute atomic E-state index is 12.4. The standard InChI is InChI=1S/C14H12BrF3N4O2S/c1-7-6-8(2-3-9(7)15)19-10(23)4-5-11(24)20-13-22-21-12(25-13)14(16,17)18/h2-3,6H,4-5H2,1H3,(H,19,23)(H,20,22,24). The molecule has 0 spiro atoms. The third kappa shape index (κ3) is 5.78. The number of hydrogen-bond donors (Lipinski definition) is 2. The molecule has 0 aliphatic carbocycles. The Morgan fingerprint density at radius 3 is 2.36 bits per heavy atom. The number of aryl methyl sites for hydroxylation is 1. The predicted octanol–water partition coefficient (Wildman–Crippen LogP) is 3.99. The van der Waals surface area contributed by atoms with Gasteiger partial charge in [-0.15, -0.1) is 10.2 Å². The SMILES string of the molecule is Cc1cc(NC(=O)CCC(=O)Nc2nnc(C(F)(F)F)s2)ccc1Br. The minimum absolute atomic E-state index is 0.119. The number of alkyl halides is 3. The van der Waals surface area contributed by atoms with E-state index in [1.165, 1.54) is 0 Å². The Labute approximate surface area is 153 Å². The molecule has 1 aromatic heterocycles. The number of rotatable bonds is 5. The topological polar surface area (TPSA) is 84.0 Å². The molecule has 6 nitrogen and oxygen atoms in total. The van der Waals surface area contributed by atoms with Crippen LogP contribution in [0.4, 0.5) is 24.0 Å². The van der Waals surface area contributed by atoms with E-state index in [1.807, 2.05) is 6.92 Å². The molecule has 2 amide bonds. The fourth-order valence-corrected chi connectivity index (χ4v) is 2.62. The third-order valence-electron chi connectivity index (χ3n) is 2.93. The van der Waals surface area contributed by atoms with Crippen LogP contribution in [-0.2, 0) is 15.8 Å². The highest BCUT2D eigenvalue weighted by Gasteiger charge is 2.35. The summed E-state index contributed by atoms with van der Waals surface area (Å²) in [7, 11) is 0. The first-order valence-corrected chi connectivity index (χ1v) is 8.52. The van der Waals surface area contributed by atoms with Crippen molar-refractivity contribution in [2.24, 2.45) is 0 Å². The van der Waals surface area contributed by atoms with Crippen LogP contribution < -0.4 is 10.6 Å². The van der Waals surface area contributed by atoms with E-state index >= 15 is 0 Å². The minimum Gasteiger partial charge on any atom is -0.326 e. The lowest BCUT2D eigenvalue weighted by Gasteiger charge is -2.07. The number of aromatic nitrogens is 2. The second-order valence-electron chi connectivity index (χ2n) is 4.97. The largest absolute Gasteiger partial charge is 0.445 e. The van der Waals surface area contributed by atoms with Crippen molar-refractivity contribution in [1.29, 1.82) is 0 Å². The van der Waals surface area contributed by atoms with Crippen molar-refractivity contribution in [2.75, 3.05) is 10.6 Å². The quantitative estimate of drug-likeness (QED) is 0.741. The molecule has 0 fully saturated rings. The van der Waals surface area contributed by atoms with Gasteiger partial charge in [-0.2, -0.15) is 13.2 Å². The Bertz CT molecular complexity index is 795. The highest BCUT2D eigenvalue weighted by molar-refractivity contribution is 9.10. The molecule has 0 unspecified atom stereocenters. The average Bonchev–Trinajstić information content (AvgIpc) is 2.98. The maximum Gasteiger partial charge on any atom is 0.445 e.